The molecule has 10 heavy (non-hydrogen) atoms. The van der Waals surface area contributed by atoms with E-state index in [1.807, 2.05) is 6.08 Å². The Morgan fingerprint density at radius 2 is 2.60 bits per heavy atom. The minimum absolute atomic E-state index is 0.304. The molecule has 1 rings (SSSR count). The molecule has 0 saturated carbocycles. The van der Waals surface area contributed by atoms with E-state index in [0.717, 1.165) is 13.0 Å². The van der Waals surface area contributed by atoms with Crippen molar-refractivity contribution in [3.8, 4) is 0 Å². The quantitative estimate of drug-likeness (QED) is 0.415. The van der Waals surface area contributed by atoms with Crippen molar-refractivity contribution in [2.24, 2.45) is 0 Å². The molecule has 54 valence electrons. The zero-order chi connectivity index (χ0) is 7.40. The maximum absolute atomic E-state index is 5.05. The zero-order valence-electron chi connectivity index (χ0n) is 5.75. The van der Waals surface area contributed by atoms with Crippen LogP contribution < -0.4 is 0 Å². The van der Waals surface area contributed by atoms with Gasteiger partial charge in [0, 0.05) is 0 Å². The summed E-state index contributed by atoms with van der Waals surface area (Å²) in [4.78, 5) is 9.94. The summed E-state index contributed by atoms with van der Waals surface area (Å²) < 4.78 is 0.706. The molecule has 0 aromatic heterocycles. The first-order chi connectivity index (χ1) is 4.88. The molecule has 0 amide bonds. The van der Waals surface area contributed by atoms with E-state index < -0.39 is 22.1 Å². The topological polar surface area (TPSA) is 18.5 Å². The van der Waals surface area contributed by atoms with Gasteiger partial charge < -0.3 is 0 Å². The van der Waals surface area contributed by atoms with E-state index in [0.29, 0.717) is 9.53 Å². The van der Waals surface area contributed by atoms with Gasteiger partial charge in [0.2, 0.25) is 0 Å². The molecule has 1 saturated heterocycles. The van der Waals surface area contributed by atoms with Crippen molar-refractivity contribution < 1.29 is 31.9 Å². The van der Waals surface area contributed by atoms with Crippen LogP contribution in [-0.4, -0.2) is 12.7 Å². The van der Waals surface area contributed by atoms with Gasteiger partial charge in [-0.25, -0.2) is 0 Å². The third kappa shape index (κ3) is 2.29. The molecule has 0 bridgehead atoms. The predicted octanol–water partition coefficient (Wildman–Crippen LogP) is 2.07. The van der Waals surface area contributed by atoms with Crippen molar-refractivity contribution in [3.63, 3.8) is 0 Å². The van der Waals surface area contributed by atoms with Gasteiger partial charge in [0.15, 0.2) is 0 Å². The van der Waals surface area contributed by atoms with Crippen LogP contribution >= 0.6 is 11.9 Å². The molecule has 2 atom stereocenters. The Hall–Kier alpha value is 1.08. The van der Waals surface area contributed by atoms with E-state index in [9.17, 15) is 0 Å². The first-order valence-electron chi connectivity index (χ1n) is 3.33. The van der Waals surface area contributed by atoms with Crippen molar-refractivity contribution in [1.29, 1.82) is 0 Å². The van der Waals surface area contributed by atoms with Crippen molar-refractivity contribution in [2.45, 2.75) is 16.0 Å². The SMILES string of the molecule is C=CC[C@H]1OOC[C@@H]1[Hg][Br]. The van der Waals surface area contributed by atoms with Crippen LogP contribution in [0.4, 0.5) is 0 Å². The fourth-order valence-electron chi connectivity index (χ4n) is 0.940. The minimum atomic E-state index is -0.822. The summed E-state index contributed by atoms with van der Waals surface area (Å²) in [6.45, 7) is 4.46. The fourth-order valence-corrected chi connectivity index (χ4v) is 8.79. The Bertz CT molecular complexity index is 120. The average molecular weight is 394 g/mol. The Morgan fingerprint density at radius 1 is 1.80 bits per heavy atom. The van der Waals surface area contributed by atoms with Crippen molar-refractivity contribution in [2.75, 3.05) is 6.61 Å². The zero-order valence-corrected chi connectivity index (χ0v) is 12.8. The van der Waals surface area contributed by atoms with Crippen LogP contribution in [-0.2, 0) is 31.9 Å². The summed E-state index contributed by atoms with van der Waals surface area (Å²) in [5.74, 6) is 0. The van der Waals surface area contributed by atoms with E-state index in [4.69, 9.17) is 9.78 Å². The first-order valence-corrected chi connectivity index (χ1v) is 18.4. The molecule has 2 nitrogen and oxygen atoms in total. The van der Waals surface area contributed by atoms with Gasteiger partial charge in [-0.05, 0) is 0 Å². The molecule has 0 spiro atoms. The molecule has 1 heterocycles. The Balaban J connectivity index is 2.34. The molecular formula is C6H9BrHgO2. The Morgan fingerprint density at radius 3 is 3.20 bits per heavy atom. The predicted molar refractivity (Wildman–Crippen MR) is 38.3 cm³/mol. The van der Waals surface area contributed by atoms with Crippen LogP contribution in [0.15, 0.2) is 12.7 Å². The first kappa shape index (κ1) is 9.17. The molecule has 0 unspecified atom stereocenters. The van der Waals surface area contributed by atoms with Crippen molar-refractivity contribution >= 4 is 11.9 Å². The standard InChI is InChI=1S/C6H9O2.BrH.Hg/c1-2-3-6-4-5-7-8-6;;/h2,4,6H,1,3,5H2;1H;/q;;+1/p-1/t6-;;/m1../s1. The molecule has 0 aromatic carbocycles. The second-order valence-corrected chi connectivity index (χ2v) is 13.3. The van der Waals surface area contributed by atoms with Crippen LogP contribution in [0, 0.1) is 0 Å². The number of hydrogen-bond acceptors (Lipinski definition) is 2. The van der Waals surface area contributed by atoms with Gasteiger partial charge in [-0.1, -0.05) is 0 Å². The molecule has 0 aliphatic carbocycles. The van der Waals surface area contributed by atoms with Gasteiger partial charge in [0.05, 0.1) is 0 Å². The average Bonchev–Trinajstić information content (AvgIpc) is 2.36. The van der Waals surface area contributed by atoms with E-state index in [2.05, 4.69) is 18.5 Å². The monoisotopic (exact) mass is 394 g/mol. The summed E-state index contributed by atoms with van der Waals surface area (Å²) in [6.07, 6.45) is 3.12. The van der Waals surface area contributed by atoms with Crippen LogP contribution in [0.25, 0.3) is 0 Å². The summed E-state index contributed by atoms with van der Waals surface area (Å²) >= 11 is 2.79. The molecule has 0 aromatic rings. The molecule has 1 aliphatic rings. The van der Waals surface area contributed by atoms with E-state index in [1.165, 1.54) is 0 Å². The van der Waals surface area contributed by atoms with Gasteiger partial charge in [0.25, 0.3) is 0 Å². The summed E-state index contributed by atoms with van der Waals surface area (Å²) in [5, 5.41) is 0. The molecular weight excluding hydrogens is 385 g/mol. The van der Waals surface area contributed by atoms with Crippen LogP contribution in [0.3, 0.4) is 0 Å². The van der Waals surface area contributed by atoms with E-state index >= 15 is 0 Å². The van der Waals surface area contributed by atoms with Crippen LogP contribution in [0.1, 0.15) is 6.42 Å². The number of halogens is 1. The molecule has 1 fully saturated rings. The summed E-state index contributed by atoms with van der Waals surface area (Å²) in [5.41, 5.74) is 0. The third-order valence-electron chi connectivity index (χ3n) is 1.60. The normalized spacial score (nSPS) is 31.7. The number of rotatable bonds is 3. The fraction of sp³-hybridized carbons (Fsp3) is 0.667. The second kappa shape index (κ2) is 4.85. The molecule has 1 aliphatic heterocycles. The van der Waals surface area contributed by atoms with Gasteiger partial charge >= 0.3 is 79.0 Å². The Labute approximate surface area is 78.6 Å². The van der Waals surface area contributed by atoms with Gasteiger partial charge in [-0.3, -0.25) is 0 Å². The second-order valence-electron chi connectivity index (χ2n) is 2.36. The van der Waals surface area contributed by atoms with E-state index in [-0.39, 0.29) is 0 Å². The van der Waals surface area contributed by atoms with E-state index in [1.54, 1.807) is 0 Å². The summed E-state index contributed by atoms with van der Waals surface area (Å²) in [6, 6.07) is 0. The summed E-state index contributed by atoms with van der Waals surface area (Å²) in [7, 11) is 0. The number of hydrogen-bond donors (Lipinski definition) is 0. The van der Waals surface area contributed by atoms with Crippen molar-refractivity contribution in [3.05, 3.63) is 12.7 Å². The maximum atomic E-state index is 5.05. The van der Waals surface area contributed by atoms with Gasteiger partial charge in [-0.15, -0.1) is 0 Å². The van der Waals surface area contributed by atoms with Gasteiger partial charge in [0.1, 0.15) is 0 Å². The third-order valence-corrected chi connectivity index (χ3v) is 13.4. The molecule has 4 heteroatoms. The van der Waals surface area contributed by atoms with Crippen LogP contribution in [0.2, 0.25) is 3.43 Å². The van der Waals surface area contributed by atoms with Crippen LogP contribution in [0.5, 0.6) is 0 Å². The molecule has 0 radical (unpaired) electrons. The van der Waals surface area contributed by atoms with Crippen molar-refractivity contribution in [1.82, 2.24) is 0 Å². The van der Waals surface area contributed by atoms with Gasteiger partial charge in [-0.2, -0.15) is 0 Å². The molecule has 0 N–H and O–H groups in total. The Kier molecular flexibility index (Phi) is 4.45.